The van der Waals surface area contributed by atoms with Crippen LogP contribution in [0.5, 0.6) is 11.5 Å². The Balaban J connectivity index is 1.83. The zero-order chi connectivity index (χ0) is 21.4. The summed E-state index contributed by atoms with van der Waals surface area (Å²) < 4.78 is 16.0. The predicted molar refractivity (Wildman–Crippen MR) is 117 cm³/mol. The summed E-state index contributed by atoms with van der Waals surface area (Å²) in [5, 5.41) is 7.52. The van der Waals surface area contributed by atoms with Gasteiger partial charge in [0.15, 0.2) is 0 Å². The lowest BCUT2D eigenvalue weighted by atomic mass is 10.1. The first-order chi connectivity index (χ1) is 14.4. The number of amides is 1. The van der Waals surface area contributed by atoms with E-state index in [-0.39, 0.29) is 5.91 Å². The standard InChI is InChI=1S/C22H21N3O4S/c1-11-8-15(13(3)30-11)17-10-16(20-12(2)25-29-22(20)24-17)21(26)23-18-9-14(27-4)6-7-19(18)28-5/h6-10H,1-5H3,(H,23,26). The minimum Gasteiger partial charge on any atom is -0.497 e. The number of aromatic nitrogens is 2. The molecule has 0 bridgehead atoms. The number of nitrogens with zero attached hydrogens (tertiary/aromatic N) is 2. The molecule has 0 aliphatic rings. The number of anilines is 1. The predicted octanol–water partition coefficient (Wildman–Crippen LogP) is 5.15. The molecule has 0 atom stereocenters. The molecule has 0 unspecified atom stereocenters. The minimum atomic E-state index is -0.314. The van der Waals surface area contributed by atoms with Crippen LogP contribution in [0.1, 0.15) is 25.8 Å². The molecule has 0 aliphatic heterocycles. The van der Waals surface area contributed by atoms with Gasteiger partial charge in [0, 0.05) is 21.4 Å². The van der Waals surface area contributed by atoms with E-state index in [1.54, 1.807) is 56.7 Å². The second kappa shape index (κ2) is 7.79. The van der Waals surface area contributed by atoms with Gasteiger partial charge in [-0.1, -0.05) is 5.16 Å². The van der Waals surface area contributed by atoms with Gasteiger partial charge >= 0.3 is 0 Å². The lowest BCUT2D eigenvalue weighted by Crippen LogP contribution is -2.14. The van der Waals surface area contributed by atoms with Crippen molar-refractivity contribution in [2.75, 3.05) is 19.5 Å². The molecule has 7 nitrogen and oxygen atoms in total. The number of aryl methyl sites for hydroxylation is 3. The van der Waals surface area contributed by atoms with Gasteiger partial charge < -0.3 is 19.3 Å². The number of hydrogen-bond donors (Lipinski definition) is 1. The van der Waals surface area contributed by atoms with Crippen LogP contribution in [0, 0.1) is 20.8 Å². The van der Waals surface area contributed by atoms with Gasteiger partial charge in [-0.3, -0.25) is 4.79 Å². The highest BCUT2D eigenvalue weighted by molar-refractivity contribution is 7.12. The Bertz CT molecular complexity index is 1260. The molecule has 1 N–H and O–H groups in total. The Morgan fingerprint density at radius 2 is 1.90 bits per heavy atom. The van der Waals surface area contributed by atoms with Gasteiger partial charge in [-0.15, -0.1) is 11.3 Å². The Morgan fingerprint density at radius 1 is 1.10 bits per heavy atom. The number of carbonyl (C=O) groups excluding carboxylic acids is 1. The average Bonchev–Trinajstić information content (AvgIpc) is 3.28. The Labute approximate surface area is 177 Å². The molecule has 154 valence electrons. The normalized spacial score (nSPS) is 11.0. The van der Waals surface area contributed by atoms with Crippen molar-refractivity contribution < 1.29 is 18.8 Å². The summed E-state index contributed by atoms with van der Waals surface area (Å²) in [4.78, 5) is 20.2. The van der Waals surface area contributed by atoms with Crippen molar-refractivity contribution in [3.63, 3.8) is 0 Å². The van der Waals surface area contributed by atoms with Crippen molar-refractivity contribution >= 4 is 34.0 Å². The quantitative estimate of drug-likeness (QED) is 0.478. The third-order valence-electron chi connectivity index (χ3n) is 4.83. The van der Waals surface area contributed by atoms with E-state index in [1.807, 2.05) is 13.8 Å². The Kier molecular flexibility index (Phi) is 5.17. The molecule has 0 spiro atoms. The molecule has 0 fully saturated rings. The fourth-order valence-electron chi connectivity index (χ4n) is 3.40. The number of pyridine rings is 1. The summed E-state index contributed by atoms with van der Waals surface area (Å²) in [6.45, 7) is 5.86. The van der Waals surface area contributed by atoms with Crippen LogP contribution in [0.4, 0.5) is 5.69 Å². The third-order valence-corrected chi connectivity index (χ3v) is 5.80. The molecule has 4 rings (SSSR count). The van der Waals surface area contributed by atoms with Crippen LogP contribution in [0.25, 0.3) is 22.4 Å². The summed E-state index contributed by atoms with van der Waals surface area (Å²) in [7, 11) is 3.11. The first-order valence-corrected chi connectivity index (χ1v) is 10.1. The van der Waals surface area contributed by atoms with Crippen molar-refractivity contribution in [2.45, 2.75) is 20.8 Å². The number of carbonyl (C=O) groups is 1. The maximum absolute atomic E-state index is 13.3. The van der Waals surface area contributed by atoms with E-state index in [9.17, 15) is 4.79 Å². The topological polar surface area (TPSA) is 86.5 Å². The zero-order valence-electron chi connectivity index (χ0n) is 17.3. The van der Waals surface area contributed by atoms with Crippen molar-refractivity contribution in [3.8, 4) is 22.8 Å². The summed E-state index contributed by atoms with van der Waals surface area (Å²) >= 11 is 1.68. The molecule has 3 aromatic heterocycles. The fourth-order valence-corrected chi connectivity index (χ4v) is 4.33. The number of methoxy groups -OCH3 is 2. The molecular formula is C22H21N3O4S. The number of hydrogen-bond acceptors (Lipinski definition) is 7. The zero-order valence-corrected chi connectivity index (χ0v) is 18.1. The van der Waals surface area contributed by atoms with Gasteiger partial charge in [-0.05, 0) is 45.0 Å². The summed E-state index contributed by atoms with van der Waals surface area (Å²) in [6.07, 6.45) is 0. The van der Waals surface area contributed by atoms with Crippen LogP contribution in [-0.2, 0) is 0 Å². The van der Waals surface area contributed by atoms with Gasteiger partial charge in [0.25, 0.3) is 11.6 Å². The Hall–Kier alpha value is -3.39. The summed E-state index contributed by atoms with van der Waals surface area (Å²) in [6, 6.07) is 9.06. The van der Waals surface area contributed by atoms with Crippen LogP contribution in [0.2, 0.25) is 0 Å². The summed E-state index contributed by atoms with van der Waals surface area (Å²) in [5.41, 5.74) is 3.51. The molecule has 0 saturated carbocycles. The van der Waals surface area contributed by atoms with Crippen molar-refractivity contribution in [3.05, 3.63) is 51.3 Å². The van der Waals surface area contributed by atoms with E-state index in [2.05, 4.69) is 21.5 Å². The molecular weight excluding hydrogens is 402 g/mol. The van der Waals surface area contributed by atoms with Gasteiger partial charge in [-0.25, -0.2) is 4.98 Å². The number of benzene rings is 1. The van der Waals surface area contributed by atoms with Crippen molar-refractivity contribution in [2.24, 2.45) is 0 Å². The molecule has 1 aromatic carbocycles. The molecule has 3 heterocycles. The number of thiophene rings is 1. The fraction of sp³-hybridized carbons (Fsp3) is 0.227. The number of nitrogens with one attached hydrogen (secondary N) is 1. The minimum absolute atomic E-state index is 0.314. The van der Waals surface area contributed by atoms with E-state index in [0.29, 0.717) is 45.2 Å². The largest absolute Gasteiger partial charge is 0.497 e. The highest BCUT2D eigenvalue weighted by Gasteiger charge is 2.21. The van der Waals surface area contributed by atoms with E-state index < -0.39 is 0 Å². The van der Waals surface area contributed by atoms with Gasteiger partial charge in [0.1, 0.15) is 11.5 Å². The van der Waals surface area contributed by atoms with Crippen LogP contribution in [0.15, 0.2) is 34.9 Å². The van der Waals surface area contributed by atoms with E-state index in [4.69, 9.17) is 14.0 Å². The second-order valence-electron chi connectivity index (χ2n) is 6.85. The van der Waals surface area contributed by atoms with Crippen LogP contribution < -0.4 is 14.8 Å². The number of fused-ring (bicyclic) bond motifs is 1. The monoisotopic (exact) mass is 423 g/mol. The third kappa shape index (κ3) is 3.50. The maximum atomic E-state index is 13.3. The summed E-state index contributed by atoms with van der Waals surface area (Å²) in [5.74, 6) is 0.823. The second-order valence-corrected chi connectivity index (χ2v) is 8.31. The van der Waals surface area contributed by atoms with E-state index in [0.717, 1.165) is 10.4 Å². The smallest absolute Gasteiger partial charge is 0.259 e. The Morgan fingerprint density at radius 3 is 2.57 bits per heavy atom. The number of rotatable bonds is 5. The molecule has 1 amide bonds. The van der Waals surface area contributed by atoms with Gasteiger partial charge in [0.2, 0.25) is 0 Å². The van der Waals surface area contributed by atoms with Crippen LogP contribution in [-0.4, -0.2) is 30.3 Å². The highest BCUT2D eigenvalue weighted by atomic mass is 32.1. The lowest BCUT2D eigenvalue weighted by molar-refractivity contribution is 0.102. The number of ether oxygens (including phenoxy) is 2. The SMILES string of the molecule is COc1ccc(OC)c(NC(=O)c2cc(-c3cc(C)sc3C)nc3onc(C)c23)c1. The molecule has 0 saturated heterocycles. The van der Waals surface area contributed by atoms with Gasteiger partial charge in [-0.2, -0.15) is 0 Å². The molecule has 0 aliphatic carbocycles. The first-order valence-electron chi connectivity index (χ1n) is 9.29. The molecule has 8 heteroatoms. The molecule has 30 heavy (non-hydrogen) atoms. The van der Waals surface area contributed by atoms with Crippen LogP contribution >= 0.6 is 11.3 Å². The maximum Gasteiger partial charge on any atom is 0.259 e. The van der Waals surface area contributed by atoms with Crippen molar-refractivity contribution in [1.82, 2.24) is 10.1 Å². The lowest BCUT2D eigenvalue weighted by Gasteiger charge is -2.12. The average molecular weight is 423 g/mol. The molecule has 0 radical (unpaired) electrons. The van der Waals surface area contributed by atoms with Gasteiger partial charge in [0.05, 0.1) is 42.2 Å². The van der Waals surface area contributed by atoms with Crippen LogP contribution in [0.3, 0.4) is 0 Å². The molecule has 4 aromatic rings. The van der Waals surface area contributed by atoms with Crippen molar-refractivity contribution in [1.29, 1.82) is 0 Å². The first kappa shape index (κ1) is 19.9. The highest BCUT2D eigenvalue weighted by Crippen LogP contribution is 2.34. The van der Waals surface area contributed by atoms with E-state index in [1.165, 1.54) is 4.88 Å². The van der Waals surface area contributed by atoms with E-state index >= 15 is 0 Å².